The first kappa shape index (κ1) is 19.1. The maximum absolute atomic E-state index is 12.0. The van der Waals surface area contributed by atoms with Gasteiger partial charge in [0.2, 0.25) is 11.9 Å². The predicted molar refractivity (Wildman–Crippen MR) is 113 cm³/mol. The minimum atomic E-state index is -0.542. The van der Waals surface area contributed by atoms with Gasteiger partial charge in [-0.15, -0.1) is 0 Å². The number of carbonyl (C=O) groups is 1. The van der Waals surface area contributed by atoms with Crippen molar-refractivity contribution in [1.29, 1.82) is 0 Å². The lowest BCUT2D eigenvalue weighted by Gasteiger charge is -2.09. The molecule has 150 valence electrons. The second-order valence-corrected chi connectivity index (χ2v) is 6.38. The van der Waals surface area contributed by atoms with Crippen molar-refractivity contribution in [3.63, 3.8) is 0 Å². The van der Waals surface area contributed by atoms with E-state index in [1.807, 2.05) is 72.8 Å². The van der Waals surface area contributed by atoms with Crippen LogP contribution >= 0.6 is 0 Å². The molecule has 0 atom stereocenters. The van der Waals surface area contributed by atoms with E-state index in [1.54, 1.807) is 0 Å². The number of nitrogen functional groups attached to an aromatic ring is 1. The van der Waals surface area contributed by atoms with Gasteiger partial charge in [-0.3, -0.25) is 0 Å². The van der Waals surface area contributed by atoms with Crippen LogP contribution in [0.2, 0.25) is 0 Å². The molecule has 0 saturated heterocycles. The fourth-order valence-corrected chi connectivity index (χ4v) is 2.80. The Balaban J connectivity index is 1.32. The molecule has 0 spiro atoms. The van der Waals surface area contributed by atoms with Crippen molar-refractivity contribution < 1.29 is 14.3 Å². The zero-order chi connectivity index (χ0) is 20.8. The van der Waals surface area contributed by atoms with E-state index in [2.05, 4.69) is 20.3 Å². The number of rotatable bonds is 7. The zero-order valence-electron chi connectivity index (χ0n) is 16.0. The molecule has 0 aliphatic heterocycles. The number of aromatic nitrogens is 3. The number of anilines is 3. The van der Waals surface area contributed by atoms with Crippen LogP contribution in [0.5, 0.6) is 5.75 Å². The summed E-state index contributed by atoms with van der Waals surface area (Å²) in [6.45, 7) is -0.371. The number of hydrogen-bond donors (Lipinski definition) is 2. The Labute approximate surface area is 172 Å². The average molecular weight is 401 g/mol. The molecule has 0 unspecified atom stereocenters. The van der Waals surface area contributed by atoms with Crippen LogP contribution in [0.15, 0.2) is 72.8 Å². The van der Waals surface area contributed by atoms with Crippen molar-refractivity contribution in [3.8, 4) is 5.75 Å². The number of fused-ring (bicyclic) bond motifs is 1. The number of nitrogens with zero attached hydrogens (tertiary/aromatic N) is 3. The normalized spacial score (nSPS) is 10.5. The van der Waals surface area contributed by atoms with Crippen molar-refractivity contribution in [3.05, 3.63) is 78.6 Å². The second kappa shape index (κ2) is 8.87. The van der Waals surface area contributed by atoms with E-state index in [4.69, 9.17) is 15.2 Å². The molecule has 1 aromatic heterocycles. The zero-order valence-corrected chi connectivity index (χ0v) is 16.0. The van der Waals surface area contributed by atoms with E-state index in [9.17, 15) is 4.79 Å². The fraction of sp³-hybridized carbons (Fsp3) is 0.0909. The van der Waals surface area contributed by atoms with Crippen molar-refractivity contribution in [1.82, 2.24) is 15.0 Å². The van der Waals surface area contributed by atoms with Crippen LogP contribution in [0.4, 0.5) is 17.6 Å². The SMILES string of the molecule is Nc1nc(COC(=O)COc2ccc3ccccc3c2)nc(Nc2ccccc2)n1. The minimum Gasteiger partial charge on any atom is -0.482 e. The third kappa shape index (κ3) is 4.99. The molecule has 30 heavy (non-hydrogen) atoms. The van der Waals surface area contributed by atoms with Gasteiger partial charge in [-0.05, 0) is 35.0 Å². The maximum Gasteiger partial charge on any atom is 0.344 e. The Bertz CT molecular complexity index is 1170. The van der Waals surface area contributed by atoms with Gasteiger partial charge in [0.05, 0.1) is 0 Å². The molecule has 3 aromatic carbocycles. The molecule has 3 N–H and O–H groups in total. The lowest BCUT2D eigenvalue weighted by atomic mass is 10.1. The molecule has 0 radical (unpaired) electrons. The number of hydrogen-bond acceptors (Lipinski definition) is 8. The van der Waals surface area contributed by atoms with Crippen LogP contribution in [0.1, 0.15) is 5.82 Å². The van der Waals surface area contributed by atoms with Gasteiger partial charge in [-0.2, -0.15) is 15.0 Å². The summed E-state index contributed by atoms with van der Waals surface area (Å²) < 4.78 is 10.7. The van der Waals surface area contributed by atoms with E-state index in [-0.39, 0.29) is 30.9 Å². The summed E-state index contributed by atoms with van der Waals surface area (Å²) in [6.07, 6.45) is 0. The fourth-order valence-electron chi connectivity index (χ4n) is 2.80. The number of nitrogens with two attached hydrogens (primary N) is 1. The minimum absolute atomic E-state index is 0.0295. The molecule has 0 fully saturated rings. The number of benzene rings is 3. The summed E-state index contributed by atoms with van der Waals surface area (Å²) in [7, 11) is 0. The largest absolute Gasteiger partial charge is 0.482 e. The summed E-state index contributed by atoms with van der Waals surface area (Å²) in [5.41, 5.74) is 6.53. The van der Waals surface area contributed by atoms with Gasteiger partial charge in [0.25, 0.3) is 0 Å². The number of ether oxygens (including phenoxy) is 2. The van der Waals surface area contributed by atoms with Gasteiger partial charge in [0.1, 0.15) is 5.75 Å². The number of nitrogens with one attached hydrogen (secondary N) is 1. The summed E-state index contributed by atoms with van der Waals surface area (Å²) in [4.78, 5) is 24.3. The summed E-state index contributed by atoms with van der Waals surface area (Å²) >= 11 is 0. The second-order valence-electron chi connectivity index (χ2n) is 6.38. The standard InChI is InChI=1S/C22H19N5O3/c23-21-25-19(26-22(27-21)24-17-8-2-1-3-9-17)13-30-20(28)14-29-18-11-10-15-6-4-5-7-16(15)12-18/h1-12H,13-14H2,(H3,23,24,25,26,27). The molecule has 0 amide bonds. The molecular weight excluding hydrogens is 382 g/mol. The van der Waals surface area contributed by atoms with E-state index >= 15 is 0 Å². The number of para-hydroxylation sites is 1. The summed E-state index contributed by atoms with van der Waals surface area (Å²) in [6, 6.07) is 22.9. The van der Waals surface area contributed by atoms with Gasteiger partial charge in [-0.25, -0.2) is 4.79 Å². The van der Waals surface area contributed by atoms with Gasteiger partial charge in [0, 0.05) is 5.69 Å². The Morgan fingerprint density at radius 3 is 2.50 bits per heavy atom. The molecule has 0 bridgehead atoms. The van der Waals surface area contributed by atoms with Crippen LogP contribution in [0.25, 0.3) is 10.8 Å². The van der Waals surface area contributed by atoms with Crippen molar-refractivity contribution >= 4 is 34.3 Å². The quantitative estimate of drug-likeness (QED) is 0.453. The Morgan fingerprint density at radius 2 is 1.67 bits per heavy atom. The first-order valence-corrected chi connectivity index (χ1v) is 9.25. The smallest absolute Gasteiger partial charge is 0.344 e. The molecule has 4 rings (SSSR count). The third-order valence-corrected chi connectivity index (χ3v) is 4.17. The van der Waals surface area contributed by atoms with Crippen LogP contribution in [-0.4, -0.2) is 27.5 Å². The van der Waals surface area contributed by atoms with Gasteiger partial charge < -0.3 is 20.5 Å². The number of esters is 1. The van der Waals surface area contributed by atoms with Crippen LogP contribution < -0.4 is 15.8 Å². The Kier molecular flexibility index (Phi) is 5.66. The van der Waals surface area contributed by atoms with Crippen molar-refractivity contribution in [2.24, 2.45) is 0 Å². The van der Waals surface area contributed by atoms with Crippen molar-refractivity contribution in [2.45, 2.75) is 6.61 Å². The highest BCUT2D eigenvalue weighted by atomic mass is 16.6. The van der Waals surface area contributed by atoms with Gasteiger partial charge in [-0.1, -0.05) is 48.5 Å². The first-order valence-electron chi connectivity index (χ1n) is 9.25. The van der Waals surface area contributed by atoms with E-state index in [0.717, 1.165) is 16.5 Å². The molecule has 4 aromatic rings. The molecule has 1 heterocycles. The summed E-state index contributed by atoms with van der Waals surface area (Å²) in [5.74, 6) is 0.582. The molecule has 8 nitrogen and oxygen atoms in total. The van der Waals surface area contributed by atoms with E-state index in [1.165, 1.54) is 0 Å². The van der Waals surface area contributed by atoms with Crippen LogP contribution in [0.3, 0.4) is 0 Å². The lowest BCUT2D eigenvalue weighted by molar-refractivity contribution is -0.147. The third-order valence-electron chi connectivity index (χ3n) is 4.17. The predicted octanol–water partition coefficient (Wildman–Crippen LogP) is 3.47. The molecule has 0 aliphatic rings. The highest BCUT2D eigenvalue weighted by Gasteiger charge is 2.10. The molecular formula is C22H19N5O3. The van der Waals surface area contributed by atoms with Crippen LogP contribution in [0, 0.1) is 0 Å². The molecule has 0 aliphatic carbocycles. The lowest BCUT2D eigenvalue weighted by Crippen LogP contribution is -2.16. The van der Waals surface area contributed by atoms with Crippen LogP contribution in [-0.2, 0) is 16.1 Å². The van der Waals surface area contributed by atoms with E-state index in [0.29, 0.717) is 5.75 Å². The highest BCUT2D eigenvalue weighted by Crippen LogP contribution is 2.20. The first-order chi connectivity index (χ1) is 14.7. The van der Waals surface area contributed by atoms with Gasteiger partial charge >= 0.3 is 5.97 Å². The molecule has 0 saturated carbocycles. The highest BCUT2D eigenvalue weighted by molar-refractivity contribution is 5.83. The summed E-state index contributed by atoms with van der Waals surface area (Å²) in [5, 5.41) is 5.15. The van der Waals surface area contributed by atoms with E-state index < -0.39 is 5.97 Å². The monoisotopic (exact) mass is 401 g/mol. The molecule has 8 heteroatoms. The Hall–Kier alpha value is -4.20. The number of carbonyl (C=O) groups excluding carboxylic acids is 1. The maximum atomic E-state index is 12.0. The topological polar surface area (TPSA) is 112 Å². The van der Waals surface area contributed by atoms with Gasteiger partial charge in [0.15, 0.2) is 19.0 Å². The Morgan fingerprint density at radius 1 is 0.900 bits per heavy atom. The average Bonchev–Trinajstić information content (AvgIpc) is 2.76. The van der Waals surface area contributed by atoms with Crippen molar-refractivity contribution in [2.75, 3.05) is 17.7 Å².